The molecule has 0 unspecified atom stereocenters. The molecule has 0 aromatic rings. The first-order chi connectivity index (χ1) is 46.7. The van der Waals surface area contributed by atoms with E-state index >= 15 is 0 Å². The van der Waals surface area contributed by atoms with Gasteiger partial charge in [-0.2, -0.15) is 0 Å². The van der Waals surface area contributed by atoms with Crippen LogP contribution in [0.5, 0.6) is 0 Å². The Morgan fingerprint density at radius 2 is 0.302 bits per heavy atom. The van der Waals surface area contributed by atoms with Crippen molar-refractivity contribution in [2.24, 2.45) is 0 Å². The molecule has 35 nitrogen and oxygen atoms in total. The lowest BCUT2D eigenvalue weighted by molar-refractivity contribution is -0.402. The first kappa shape index (κ1) is 80.3. The number of hydrogen-bond acceptors (Lipinski definition) is 35. The van der Waals surface area contributed by atoms with Gasteiger partial charge in [-0.05, 0) is 0 Å². The van der Waals surface area contributed by atoms with Gasteiger partial charge in [0, 0.05) is 135 Å². The average Bonchev–Trinajstić information content (AvgIpc) is 0.771. The van der Waals surface area contributed by atoms with Crippen LogP contribution in [-0.2, 0) is 156 Å². The van der Waals surface area contributed by atoms with Gasteiger partial charge in [0.1, 0.15) is 171 Å². The third-order valence-electron chi connectivity index (χ3n) is 19.0. The Hall–Kier alpha value is -1.40. The fraction of sp³-hybridized carbons (Fsp3) is 1.00. The largest absolute Gasteiger partial charge is 0.394 e. The number of methoxy groups -OCH3 is 19. The normalized spacial score (nSPS) is 46.8. The van der Waals surface area contributed by atoms with Gasteiger partial charge in [-0.25, -0.2) is 0 Å². The highest BCUT2D eigenvalue weighted by Gasteiger charge is 2.62. The van der Waals surface area contributed by atoms with Crippen LogP contribution >= 0.6 is 0 Å². The molecular formula is C61H108O35. The summed E-state index contributed by atoms with van der Waals surface area (Å²) >= 11 is 0. The minimum atomic E-state index is -1.31. The lowest BCUT2D eigenvalue weighted by Gasteiger charge is -2.52. The Bertz CT molecular complexity index is 2160. The highest BCUT2D eigenvalue weighted by molar-refractivity contribution is 5.04. The van der Waals surface area contributed by atoms with Gasteiger partial charge >= 0.3 is 0 Å². The summed E-state index contributed by atoms with van der Waals surface area (Å²) < 4.78 is 212. The summed E-state index contributed by atoms with van der Waals surface area (Å²) in [6.07, 6.45) is -38.1. The van der Waals surface area contributed by atoms with Gasteiger partial charge in [0.25, 0.3) is 0 Å². The zero-order chi connectivity index (χ0) is 69.5. The van der Waals surface area contributed by atoms with Crippen LogP contribution in [0.3, 0.4) is 0 Å². The van der Waals surface area contributed by atoms with E-state index in [-0.39, 0.29) is 33.0 Å². The minimum Gasteiger partial charge on any atom is -0.394 e. The number of aliphatic hydroxyl groups excluding tert-OH is 2. The standard InChI is InChI=1S/C61H108O35/c1-64-22-29-36-43(71-8)52(80-17)59(87-29)94-38-31(24-66-3)85-57(50(78-15)45(38)73-10)90-34-27(20-62)84-56(49(77-14)41(34)69-6)93-37-30(23-65-2)88-60(53(81-18)44(37)72-9)96-40-33(26-68-5)89-61(54(82-19)47(40)75-12)95-39-32(25-67-4)86-58(51(79-16)46(39)74-11)91-35-28(21-63)83-55(92-36)48(76-13)42(35)70-7/h27-63H,20-26H2,1-19H3/t27-,28-,29-,30-,31-,32-,33-,34-,35-,36-,37-,38-,39-,40-,41+,42+,43+,44+,45+,46+,47+,48-,49-,50-,51-,52-,53-,54-,55-,56-,57-,58-,59-,60-,61-/m1/s1. The molecule has 0 amide bonds. The monoisotopic (exact) mass is 1400 g/mol. The number of aliphatic hydroxyl groups is 2. The second-order valence-electron chi connectivity index (χ2n) is 24.0. The van der Waals surface area contributed by atoms with Gasteiger partial charge in [-0.1, -0.05) is 0 Å². The van der Waals surface area contributed by atoms with Gasteiger partial charge < -0.3 is 167 Å². The van der Waals surface area contributed by atoms with Crippen LogP contribution in [0.1, 0.15) is 0 Å². The zero-order valence-corrected chi connectivity index (χ0v) is 58.5. The Balaban J connectivity index is 1.22. The molecule has 35 atom stereocenters. The third-order valence-corrected chi connectivity index (χ3v) is 19.0. The van der Waals surface area contributed by atoms with E-state index in [9.17, 15) is 10.2 Å². The first-order valence-corrected chi connectivity index (χ1v) is 31.9. The molecule has 21 saturated heterocycles. The predicted molar refractivity (Wildman–Crippen MR) is 319 cm³/mol. The molecule has 0 radical (unpaired) electrons. The highest BCUT2D eigenvalue weighted by Crippen LogP contribution is 2.43. The van der Waals surface area contributed by atoms with E-state index in [4.69, 9.17) is 156 Å². The summed E-state index contributed by atoms with van der Waals surface area (Å²) in [6, 6.07) is 0. The van der Waals surface area contributed by atoms with Crippen LogP contribution in [-0.4, -0.2) is 406 Å². The molecule has 96 heavy (non-hydrogen) atoms. The predicted octanol–water partition coefficient (Wildman–Crippen LogP) is -2.80. The quantitative estimate of drug-likeness (QED) is 0.0883. The summed E-state index contributed by atoms with van der Waals surface area (Å²) in [7, 11) is 28.0. The van der Waals surface area contributed by atoms with E-state index in [1.54, 1.807) is 0 Å². The van der Waals surface area contributed by atoms with E-state index in [1.807, 2.05) is 0 Å². The lowest BCUT2D eigenvalue weighted by atomic mass is 9.94. The van der Waals surface area contributed by atoms with Crippen LogP contribution < -0.4 is 0 Å². The number of hydrogen-bond donors (Lipinski definition) is 2. The lowest BCUT2D eigenvalue weighted by Crippen LogP contribution is -2.69. The highest BCUT2D eigenvalue weighted by atomic mass is 16.8. The summed E-state index contributed by atoms with van der Waals surface area (Å²) in [5.41, 5.74) is 0. The van der Waals surface area contributed by atoms with Crippen molar-refractivity contribution in [1.82, 2.24) is 0 Å². The van der Waals surface area contributed by atoms with Gasteiger partial charge in [-0.15, -0.1) is 0 Å². The van der Waals surface area contributed by atoms with Crippen molar-refractivity contribution in [2.75, 3.05) is 181 Å². The van der Waals surface area contributed by atoms with Gasteiger partial charge in [0.15, 0.2) is 44.0 Å². The van der Waals surface area contributed by atoms with Crippen LogP contribution in [0.2, 0.25) is 0 Å². The van der Waals surface area contributed by atoms with Crippen LogP contribution in [0.4, 0.5) is 0 Å². The van der Waals surface area contributed by atoms with Crippen molar-refractivity contribution in [2.45, 2.75) is 215 Å². The maximum absolute atomic E-state index is 11.3. The molecule has 21 rings (SSSR count). The van der Waals surface area contributed by atoms with Gasteiger partial charge in [-0.3, -0.25) is 0 Å². The molecule has 14 bridgehead atoms. The summed E-state index contributed by atoms with van der Waals surface area (Å²) in [5, 5.41) is 22.6. The number of rotatable bonds is 26. The van der Waals surface area contributed by atoms with Crippen LogP contribution in [0.25, 0.3) is 0 Å². The van der Waals surface area contributed by atoms with E-state index in [2.05, 4.69) is 0 Å². The molecule has 21 heterocycles. The molecule has 35 heteroatoms. The molecule has 0 aromatic carbocycles. The Morgan fingerprint density at radius 3 is 0.417 bits per heavy atom. The molecular weight excluding hydrogens is 1290 g/mol. The Labute approximate surface area is 561 Å². The second kappa shape index (κ2) is 38.9. The minimum absolute atomic E-state index is 0.0592. The van der Waals surface area contributed by atoms with Crippen LogP contribution in [0.15, 0.2) is 0 Å². The zero-order valence-electron chi connectivity index (χ0n) is 58.5. The Kier molecular flexibility index (Phi) is 32.6. The van der Waals surface area contributed by atoms with Crippen molar-refractivity contribution < 1.29 is 167 Å². The Morgan fingerprint density at radius 1 is 0.177 bits per heavy atom. The molecule has 0 spiro atoms. The van der Waals surface area contributed by atoms with Crippen molar-refractivity contribution in [1.29, 1.82) is 0 Å². The van der Waals surface area contributed by atoms with Crippen molar-refractivity contribution >= 4 is 0 Å². The smallest absolute Gasteiger partial charge is 0.187 e. The maximum atomic E-state index is 11.3. The molecule has 0 aliphatic carbocycles. The first-order valence-electron chi connectivity index (χ1n) is 31.9. The van der Waals surface area contributed by atoms with E-state index in [1.165, 1.54) is 135 Å². The molecule has 0 saturated carbocycles. The van der Waals surface area contributed by atoms with E-state index in [0.29, 0.717) is 0 Å². The SMILES string of the molecule is COC[C@H]1O[C@@H]2O[C@H]3[C@H](OC)[C@@H](OC)[C@@H](O[C@H]4[C@H](OC)[C@@H](OC)[C@@H](O[C@H]5[C@H](OC)[C@@H](OC)[C@@H](O[C@H]6[C@H](OC)[C@@H](OC)[C@@H](O[C@H]7[C@H](OC)[C@@H](OC)[C@@H](O[C@H]8[C@H](OC)[C@@H](OC)[C@@H](O[C@H]1[C@H](OC)[C@H]2OC)O[C@@H]8CO)O[C@@H]7COC)O[C@@H]6COC)O[C@@H]5COC)O[C@@H]4CO)O[C@@H]3COC. The van der Waals surface area contributed by atoms with Crippen molar-refractivity contribution in [3.63, 3.8) is 0 Å². The van der Waals surface area contributed by atoms with Crippen molar-refractivity contribution in [3.8, 4) is 0 Å². The maximum Gasteiger partial charge on any atom is 0.187 e. The fourth-order valence-electron chi connectivity index (χ4n) is 14.5. The molecule has 21 aliphatic rings. The molecule has 21 fully saturated rings. The summed E-state index contributed by atoms with van der Waals surface area (Å²) in [6.45, 7) is -1.57. The third kappa shape index (κ3) is 17.0. The average molecular weight is 1400 g/mol. The molecule has 21 aliphatic heterocycles. The fourth-order valence-corrected chi connectivity index (χ4v) is 14.5. The summed E-state index contributed by atoms with van der Waals surface area (Å²) in [5.74, 6) is 0. The van der Waals surface area contributed by atoms with Crippen molar-refractivity contribution in [3.05, 3.63) is 0 Å². The van der Waals surface area contributed by atoms with Crippen LogP contribution in [0, 0.1) is 0 Å². The second-order valence-corrected chi connectivity index (χ2v) is 24.0. The molecule has 562 valence electrons. The van der Waals surface area contributed by atoms with Gasteiger partial charge in [0.05, 0.1) is 46.2 Å². The van der Waals surface area contributed by atoms with E-state index in [0.717, 1.165) is 0 Å². The van der Waals surface area contributed by atoms with E-state index < -0.39 is 228 Å². The number of ether oxygens (including phenoxy) is 33. The summed E-state index contributed by atoms with van der Waals surface area (Å²) in [4.78, 5) is 0. The molecule has 0 aromatic heterocycles. The topological polar surface area (TPSA) is 345 Å². The molecule has 2 N–H and O–H groups in total. The van der Waals surface area contributed by atoms with Gasteiger partial charge in [0.2, 0.25) is 0 Å².